The average molecular weight is 412 g/mol. The molecule has 4 rings (SSSR count). The average Bonchev–Trinajstić information content (AvgIpc) is 3.44. The molecule has 1 amide bonds. The number of nitrogens with zero attached hydrogens (tertiary/aromatic N) is 4. The molecule has 0 aliphatic carbocycles. The minimum Gasteiger partial charge on any atom is -0.493 e. The molecule has 3 heterocycles. The van der Waals surface area contributed by atoms with Gasteiger partial charge in [-0.05, 0) is 43.2 Å². The molecule has 3 aromatic rings. The third-order valence-corrected chi connectivity index (χ3v) is 4.88. The van der Waals surface area contributed by atoms with Crippen molar-refractivity contribution in [2.45, 2.75) is 25.3 Å². The van der Waals surface area contributed by atoms with E-state index in [0.717, 1.165) is 12.8 Å². The Bertz CT molecular complexity index is 991. The number of pyridine rings is 1. The first kappa shape index (κ1) is 19.8. The number of hydrogen-bond acceptors (Lipinski definition) is 7. The van der Waals surface area contributed by atoms with Crippen LogP contribution in [0.25, 0.3) is 0 Å². The van der Waals surface area contributed by atoms with Gasteiger partial charge in [-0.25, -0.2) is 9.37 Å². The van der Waals surface area contributed by atoms with Gasteiger partial charge in [0.15, 0.2) is 5.82 Å². The highest BCUT2D eigenvalue weighted by Crippen LogP contribution is 2.32. The Morgan fingerprint density at radius 1 is 1.27 bits per heavy atom. The second-order valence-electron chi connectivity index (χ2n) is 6.85. The highest BCUT2D eigenvalue weighted by atomic mass is 19.1. The molecule has 0 N–H and O–H groups in total. The molecular formula is C21H21FN4O4. The van der Waals surface area contributed by atoms with Crippen molar-refractivity contribution in [2.24, 2.45) is 0 Å². The van der Waals surface area contributed by atoms with Crippen LogP contribution in [-0.2, 0) is 6.42 Å². The predicted molar refractivity (Wildman–Crippen MR) is 104 cm³/mol. The molecule has 0 radical (unpaired) electrons. The molecule has 1 aromatic carbocycles. The number of likely N-dealkylation sites (tertiary alicyclic amines) is 1. The van der Waals surface area contributed by atoms with E-state index >= 15 is 0 Å². The number of amides is 1. The smallest absolute Gasteiger partial charge is 0.256 e. The number of carbonyl (C=O) groups excluding carboxylic acids is 1. The Morgan fingerprint density at radius 3 is 2.83 bits per heavy atom. The molecule has 0 bridgehead atoms. The summed E-state index contributed by atoms with van der Waals surface area (Å²) < 4.78 is 29.0. The van der Waals surface area contributed by atoms with Crippen molar-refractivity contribution in [3.8, 4) is 11.6 Å². The van der Waals surface area contributed by atoms with Crippen LogP contribution in [0.4, 0.5) is 4.39 Å². The van der Waals surface area contributed by atoms with Crippen LogP contribution >= 0.6 is 0 Å². The molecule has 1 aliphatic heterocycles. The van der Waals surface area contributed by atoms with Crippen LogP contribution in [0.1, 0.15) is 41.0 Å². The first-order chi connectivity index (χ1) is 14.6. The monoisotopic (exact) mass is 412 g/mol. The fraction of sp³-hybridized carbons (Fsp3) is 0.333. The summed E-state index contributed by atoms with van der Waals surface area (Å²) in [5.74, 6) is 1.49. The minimum atomic E-state index is -0.314. The maximum absolute atomic E-state index is 12.9. The lowest BCUT2D eigenvalue weighted by molar-refractivity contribution is 0.0709. The Morgan fingerprint density at radius 2 is 2.10 bits per heavy atom. The van der Waals surface area contributed by atoms with E-state index in [0.29, 0.717) is 48.5 Å². The maximum atomic E-state index is 12.9. The molecule has 1 unspecified atom stereocenters. The summed E-state index contributed by atoms with van der Waals surface area (Å²) in [7, 11) is 1.53. The lowest BCUT2D eigenvalue weighted by Gasteiger charge is -2.21. The van der Waals surface area contributed by atoms with Gasteiger partial charge in [-0.2, -0.15) is 4.98 Å². The number of carbonyl (C=O) groups is 1. The van der Waals surface area contributed by atoms with Crippen molar-refractivity contribution in [1.29, 1.82) is 0 Å². The van der Waals surface area contributed by atoms with Crippen LogP contribution in [0.3, 0.4) is 0 Å². The van der Waals surface area contributed by atoms with E-state index in [2.05, 4.69) is 15.1 Å². The zero-order valence-corrected chi connectivity index (χ0v) is 16.5. The van der Waals surface area contributed by atoms with Gasteiger partial charge >= 0.3 is 0 Å². The SMILES string of the molecule is COc1ccc(C(=O)N2CCCC2c2nc(CCOc3ccc(F)cc3)no2)cn1. The zero-order valence-electron chi connectivity index (χ0n) is 16.5. The molecular weight excluding hydrogens is 391 g/mol. The van der Waals surface area contributed by atoms with Crippen molar-refractivity contribution < 1.29 is 23.2 Å². The molecule has 1 fully saturated rings. The van der Waals surface area contributed by atoms with Crippen molar-refractivity contribution >= 4 is 5.91 Å². The summed E-state index contributed by atoms with van der Waals surface area (Å²) in [6, 6.07) is 8.89. The summed E-state index contributed by atoms with van der Waals surface area (Å²) in [6.07, 6.45) is 3.54. The standard InChI is InChI=1S/C21H21FN4O4/c1-28-19-9-4-14(13-23-19)21(27)26-11-2-3-17(26)20-24-18(25-30-20)10-12-29-16-7-5-15(22)6-8-16/h4-9,13,17H,2-3,10-12H2,1H3. The van der Waals surface area contributed by atoms with E-state index in [4.69, 9.17) is 14.0 Å². The van der Waals surface area contributed by atoms with E-state index in [1.165, 1.54) is 25.4 Å². The molecule has 9 heteroatoms. The molecule has 156 valence electrons. The van der Waals surface area contributed by atoms with Crippen LogP contribution in [0, 0.1) is 5.82 Å². The number of hydrogen-bond donors (Lipinski definition) is 0. The van der Waals surface area contributed by atoms with E-state index in [-0.39, 0.29) is 17.8 Å². The Labute approximate surface area is 172 Å². The van der Waals surface area contributed by atoms with Gasteiger partial charge in [0.25, 0.3) is 5.91 Å². The molecule has 2 aromatic heterocycles. The fourth-order valence-corrected chi connectivity index (χ4v) is 3.36. The molecule has 1 saturated heterocycles. The first-order valence-electron chi connectivity index (χ1n) is 9.66. The molecule has 1 atom stereocenters. The molecule has 1 aliphatic rings. The Balaban J connectivity index is 1.37. The van der Waals surface area contributed by atoms with Gasteiger partial charge in [-0.3, -0.25) is 4.79 Å². The second-order valence-corrected chi connectivity index (χ2v) is 6.85. The highest BCUT2D eigenvalue weighted by Gasteiger charge is 2.34. The van der Waals surface area contributed by atoms with Crippen LogP contribution in [-0.4, -0.2) is 46.2 Å². The molecule has 8 nitrogen and oxygen atoms in total. The second kappa shape index (κ2) is 8.89. The zero-order chi connectivity index (χ0) is 20.9. The molecule has 0 spiro atoms. The number of benzene rings is 1. The van der Waals surface area contributed by atoms with E-state index in [1.54, 1.807) is 29.2 Å². The summed E-state index contributed by atoms with van der Waals surface area (Å²) in [4.78, 5) is 23.2. The summed E-state index contributed by atoms with van der Waals surface area (Å²) in [6.45, 7) is 0.941. The van der Waals surface area contributed by atoms with Crippen LogP contribution in [0.2, 0.25) is 0 Å². The lowest BCUT2D eigenvalue weighted by Crippen LogP contribution is -2.30. The van der Waals surface area contributed by atoms with E-state index in [1.807, 2.05) is 0 Å². The maximum Gasteiger partial charge on any atom is 0.256 e. The quantitative estimate of drug-likeness (QED) is 0.588. The number of halogens is 1. The van der Waals surface area contributed by atoms with Crippen molar-refractivity contribution in [3.05, 3.63) is 65.7 Å². The van der Waals surface area contributed by atoms with Gasteiger partial charge in [0, 0.05) is 25.2 Å². The largest absolute Gasteiger partial charge is 0.493 e. The van der Waals surface area contributed by atoms with Crippen LogP contribution in [0.5, 0.6) is 11.6 Å². The Kier molecular flexibility index (Phi) is 5.87. The van der Waals surface area contributed by atoms with Crippen LogP contribution in [0.15, 0.2) is 47.1 Å². The van der Waals surface area contributed by atoms with Gasteiger partial charge in [-0.1, -0.05) is 5.16 Å². The fourth-order valence-electron chi connectivity index (χ4n) is 3.36. The first-order valence-corrected chi connectivity index (χ1v) is 9.66. The lowest BCUT2D eigenvalue weighted by atomic mass is 10.2. The highest BCUT2D eigenvalue weighted by molar-refractivity contribution is 5.94. The summed E-state index contributed by atoms with van der Waals surface area (Å²) in [5, 5.41) is 4.00. The van der Waals surface area contributed by atoms with Gasteiger partial charge in [0.2, 0.25) is 11.8 Å². The van der Waals surface area contributed by atoms with Gasteiger partial charge in [0.1, 0.15) is 17.6 Å². The Hall–Kier alpha value is -3.49. The van der Waals surface area contributed by atoms with Gasteiger partial charge < -0.3 is 18.9 Å². The molecule has 30 heavy (non-hydrogen) atoms. The molecule has 0 saturated carbocycles. The van der Waals surface area contributed by atoms with Gasteiger partial charge in [0.05, 0.1) is 19.3 Å². The van der Waals surface area contributed by atoms with Crippen molar-refractivity contribution in [1.82, 2.24) is 20.0 Å². The van der Waals surface area contributed by atoms with Crippen molar-refractivity contribution in [2.75, 3.05) is 20.3 Å². The summed E-state index contributed by atoms with van der Waals surface area (Å²) in [5.41, 5.74) is 0.482. The predicted octanol–water partition coefficient (Wildman–Crippen LogP) is 3.21. The third-order valence-electron chi connectivity index (χ3n) is 4.88. The normalized spacial score (nSPS) is 15.9. The summed E-state index contributed by atoms with van der Waals surface area (Å²) >= 11 is 0. The van der Waals surface area contributed by atoms with Crippen LogP contribution < -0.4 is 9.47 Å². The van der Waals surface area contributed by atoms with Gasteiger partial charge in [-0.15, -0.1) is 0 Å². The topological polar surface area (TPSA) is 90.6 Å². The number of ether oxygens (including phenoxy) is 2. The number of rotatable bonds is 7. The van der Waals surface area contributed by atoms with Crippen molar-refractivity contribution in [3.63, 3.8) is 0 Å². The number of aromatic nitrogens is 3. The van der Waals surface area contributed by atoms with E-state index in [9.17, 15) is 9.18 Å². The number of methoxy groups -OCH3 is 1. The minimum absolute atomic E-state index is 0.132. The third kappa shape index (κ3) is 4.40. The van der Waals surface area contributed by atoms with E-state index < -0.39 is 0 Å².